The number of hydrogen-bond donors (Lipinski definition) is 3. The van der Waals surface area contributed by atoms with Crippen LogP contribution in [0.5, 0.6) is 11.5 Å². The summed E-state index contributed by atoms with van der Waals surface area (Å²) in [7, 11) is 0. The molecule has 3 aromatic carbocycles. The van der Waals surface area contributed by atoms with Crippen molar-refractivity contribution in [1.82, 2.24) is 0 Å². The Hall–Kier alpha value is -3.27. The van der Waals surface area contributed by atoms with Gasteiger partial charge in [-0.2, -0.15) is 0 Å². The SMILES string of the molecule is O=C1C(O)=Cc2cccc3ccc(-c4ccc(O)c(O)c4)c1c23. The van der Waals surface area contributed by atoms with Crippen molar-refractivity contribution in [2.24, 2.45) is 0 Å². The molecule has 0 atom stereocenters. The molecule has 0 aromatic heterocycles. The highest BCUT2D eigenvalue weighted by atomic mass is 16.3. The maximum absolute atomic E-state index is 12.5. The molecule has 23 heavy (non-hydrogen) atoms. The van der Waals surface area contributed by atoms with Crippen LogP contribution >= 0.6 is 0 Å². The lowest BCUT2D eigenvalue weighted by molar-refractivity contribution is 0.0981. The molecule has 0 radical (unpaired) electrons. The van der Waals surface area contributed by atoms with Gasteiger partial charge in [0.1, 0.15) is 0 Å². The van der Waals surface area contributed by atoms with E-state index in [1.807, 2.05) is 24.3 Å². The van der Waals surface area contributed by atoms with Crippen molar-refractivity contribution in [3.8, 4) is 22.6 Å². The van der Waals surface area contributed by atoms with E-state index >= 15 is 0 Å². The normalized spacial score (nSPS) is 13.2. The molecule has 0 fully saturated rings. The van der Waals surface area contributed by atoms with Gasteiger partial charge in [0.15, 0.2) is 17.3 Å². The minimum Gasteiger partial charge on any atom is -0.504 e. The molecule has 112 valence electrons. The lowest BCUT2D eigenvalue weighted by Gasteiger charge is -2.18. The summed E-state index contributed by atoms with van der Waals surface area (Å²) in [6, 6.07) is 13.7. The number of aliphatic hydroxyl groups is 1. The smallest absolute Gasteiger partial charge is 0.228 e. The van der Waals surface area contributed by atoms with Crippen LogP contribution in [-0.2, 0) is 0 Å². The number of benzene rings is 3. The van der Waals surface area contributed by atoms with Gasteiger partial charge in [-0.3, -0.25) is 4.79 Å². The summed E-state index contributed by atoms with van der Waals surface area (Å²) < 4.78 is 0. The third kappa shape index (κ3) is 1.89. The summed E-state index contributed by atoms with van der Waals surface area (Å²) in [5, 5.41) is 30.9. The second-order valence-corrected chi connectivity index (χ2v) is 5.50. The lowest BCUT2D eigenvalue weighted by atomic mass is 9.85. The Balaban J connectivity index is 2.10. The number of phenolic OH excluding ortho intramolecular Hbond substituents is 2. The number of ketones is 1. The van der Waals surface area contributed by atoms with E-state index in [9.17, 15) is 20.1 Å². The largest absolute Gasteiger partial charge is 0.504 e. The Morgan fingerprint density at radius 2 is 1.65 bits per heavy atom. The summed E-state index contributed by atoms with van der Waals surface area (Å²) in [6.45, 7) is 0. The van der Waals surface area contributed by atoms with Crippen molar-refractivity contribution < 1.29 is 20.1 Å². The van der Waals surface area contributed by atoms with E-state index in [-0.39, 0.29) is 17.3 Å². The van der Waals surface area contributed by atoms with Crippen molar-refractivity contribution in [2.45, 2.75) is 0 Å². The van der Waals surface area contributed by atoms with Crippen LogP contribution in [0.4, 0.5) is 0 Å². The van der Waals surface area contributed by atoms with E-state index in [1.165, 1.54) is 18.2 Å². The van der Waals surface area contributed by atoms with E-state index in [1.54, 1.807) is 12.1 Å². The quantitative estimate of drug-likeness (QED) is 0.593. The lowest BCUT2D eigenvalue weighted by Crippen LogP contribution is -2.10. The van der Waals surface area contributed by atoms with Crippen molar-refractivity contribution >= 4 is 22.6 Å². The molecule has 0 amide bonds. The summed E-state index contributed by atoms with van der Waals surface area (Å²) in [5.41, 5.74) is 2.38. The zero-order valence-electron chi connectivity index (χ0n) is 11.9. The molecule has 0 unspecified atom stereocenters. The van der Waals surface area contributed by atoms with E-state index in [0.29, 0.717) is 16.7 Å². The number of phenols is 2. The molecule has 0 aliphatic heterocycles. The molecule has 0 saturated heterocycles. The van der Waals surface area contributed by atoms with Crippen LogP contribution in [-0.4, -0.2) is 21.1 Å². The van der Waals surface area contributed by atoms with Gasteiger partial charge in [0, 0.05) is 10.9 Å². The molecule has 3 aromatic rings. The number of carbonyl (C=O) groups is 1. The molecule has 4 rings (SSSR count). The fourth-order valence-electron chi connectivity index (χ4n) is 3.04. The van der Waals surface area contributed by atoms with Crippen LogP contribution in [0.15, 0.2) is 54.3 Å². The van der Waals surface area contributed by atoms with Gasteiger partial charge in [-0.1, -0.05) is 36.4 Å². The predicted octanol–water partition coefficient (Wildman–Crippen LogP) is 4.01. The first-order valence-corrected chi connectivity index (χ1v) is 7.10. The second kappa shape index (κ2) is 4.61. The Kier molecular flexibility index (Phi) is 2.69. The van der Waals surface area contributed by atoms with Crippen LogP contribution in [0.3, 0.4) is 0 Å². The van der Waals surface area contributed by atoms with E-state index < -0.39 is 5.78 Å². The Bertz CT molecular complexity index is 1020. The number of Topliss-reactive ketones (excluding diaryl/α,β-unsaturated/α-hetero) is 1. The van der Waals surface area contributed by atoms with E-state index in [4.69, 9.17) is 0 Å². The molecular weight excluding hydrogens is 292 g/mol. The first-order valence-electron chi connectivity index (χ1n) is 7.10. The monoisotopic (exact) mass is 304 g/mol. The van der Waals surface area contributed by atoms with Crippen molar-refractivity contribution in [3.63, 3.8) is 0 Å². The molecule has 0 bridgehead atoms. The average molecular weight is 304 g/mol. The molecule has 0 saturated carbocycles. The Labute approximate surface area is 131 Å². The zero-order valence-corrected chi connectivity index (χ0v) is 11.9. The minimum atomic E-state index is -0.447. The number of rotatable bonds is 1. The van der Waals surface area contributed by atoms with Gasteiger partial charge in [-0.05, 0) is 40.3 Å². The topological polar surface area (TPSA) is 77.8 Å². The Morgan fingerprint density at radius 3 is 2.43 bits per heavy atom. The van der Waals surface area contributed by atoms with Gasteiger partial charge in [-0.25, -0.2) is 0 Å². The summed E-state index contributed by atoms with van der Waals surface area (Å²) in [5.74, 6) is -1.23. The van der Waals surface area contributed by atoms with Gasteiger partial charge in [0.2, 0.25) is 5.78 Å². The highest BCUT2D eigenvalue weighted by Gasteiger charge is 2.25. The third-order valence-corrected chi connectivity index (χ3v) is 4.12. The molecular formula is C19H12O4. The summed E-state index contributed by atoms with van der Waals surface area (Å²) in [4.78, 5) is 12.5. The molecule has 0 spiro atoms. The van der Waals surface area contributed by atoms with Crippen LogP contribution < -0.4 is 0 Å². The first kappa shape index (κ1) is 13.4. The fourth-order valence-corrected chi connectivity index (χ4v) is 3.04. The van der Waals surface area contributed by atoms with Crippen molar-refractivity contribution in [3.05, 3.63) is 65.4 Å². The highest BCUT2D eigenvalue weighted by Crippen LogP contribution is 2.39. The van der Waals surface area contributed by atoms with Gasteiger partial charge in [0.05, 0.1) is 0 Å². The summed E-state index contributed by atoms with van der Waals surface area (Å²) in [6.07, 6.45) is 1.47. The Morgan fingerprint density at radius 1 is 0.826 bits per heavy atom. The molecule has 1 aliphatic rings. The molecule has 4 nitrogen and oxygen atoms in total. The number of aromatic hydroxyl groups is 2. The van der Waals surface area contributed by atoms with Gasteiger partial charge in [0.25, 0.3) is 0 Å². The zero-order chi connectivity index (χ0) is 16.1. The number of allylic oxidation sites excluding steroid dienone is 1. The number of hydrogen-bond acceptors (Lipinski definition) is 4. The van der Waals surface area contributed by atoms with E-state index in [2.05, 4.69) is 0 Å². The first-order chi connectivity index (χ1) is 11.1. The number of carbonyl (C=O) groups excluding carboxylic acids is 1. The maximum atomic E-state index is 12.5. The number of aliphatic hydroxyl groups excluding tert-OH is 1. The standard InChI is InChI=1S/C19H12O4/c20-14-7-5-11(8-15(14)21)13-6-4-10-2-1-3-12-9-16(22)19(23)18(13)17(10)12/h1-9,20-22H. The van der Waals surface area contributed by atoms with Crippen LogP contribution in [0.25, 0.3) is 28.0 Å². The van der Waals surface area contributed by atoms with Crippen LogP contribution in [0.2, 0.25) is 0 Å². The maximum Gasteiger partial charge on any atom is 0.228 e. The molecule has 3 N–H and O–H groups in total. The van der Waals surface area contributed by atoms with Crippen molar-refractivity contribution in [2.75, 3.05) is 0 Å². The third-order valence-electron chi connectivity index (χ3n) is 4.12. The van der Waals surface area contributed by atoms with Gasteiger partial charge >= 0.3 is 0 Å². The predicted molar refractivity (Wildman–Crippen MR) is 87.6 cm³/mol. The summed E-state index contributed by atoms with van der Waals surface area (Å²) >= 11 is 0. The molecule has 0 heterocycles. The van der Waals surface area contributed by atoms with Crippen LogP contribution in [0, 0.1) is 0 Å². The second-order valence-electron chi connectivity index (χ2n) is 5.50. The van der Waals surface area contributed by atoms with E-state index in [0.717, 1.165) is 16.3 Å². The van der Waals surface area contributed by atoms with Gasteiger partial charge < -0.3 is 15.3 Å². The molecule has 4 heteroatoms. The van der Waals surface area contributed by atoms with Crippen molar-refractivity contribution in [1.29, 1.82) is 0 Å². The highest BCUT2D eigenvalue weighted by molar-refractivity contribution is 6.24. The minimum absolute atomic E-state index is 0.224. The average Bonchev–Trinajstić information content (AvgIpc) is 2.55. The van der Waals surface area contributed by atoms with Crippen LogP contribution in [0.1, 0.15) is 15.9 Å². The molecule has 1 aliphatic carbocycles. The van der Waals surface area contributed by atoms with Gasteiger partial charge in [-0.15, -0.1) is 0 Å². The fraction of sp³-hybridized carbons (Fsp3) is 0.